The number of oxazole rings is 1. The van der Waals surface area contributed by atoms with E-state index in [0.29, 0.717) is 25.0 Å². The van der Waals surface area contributed by atoms with Crippen LogP contribution in [0, 0.1) is 0 Å². The third kappa shape index (κ3) is 3.48. The summed E-state index contributed by atoms with van der Waals surface area (Å²) in [5.41, 5.74) is 0.536. The van der Waals surface area contributed by atoms with Crippen LogP contribution < -0.4 is 0 Å². The summed E-state index contributed by atoms with van der Waals surface area (Å²) in [6.07, 6.45) is -3.85. The van der Waals surface area contributed by atoms with Gasteiger partial charge in [0.25, 0.3) is 0 Å². The number of halogens is 3. The van der Waals surface area contributed by atoms with Crippen LogP contribution in [-0.2, 0) is 17.5 Å². The van der Waals surface area contributed by atoms with E-state index in [1.165, 1.54) is 0 Å². The summed E-state index contributed by atoms with van der Waals surface area (Å²) in [4.78, 5) is 5.75. The Labute approximate surface area is 125 Å². The number of nitrogens with zero attached hydrogens (tertiary/aromatic N) is 2. The lowest BCUT2D eigenvalue weighted by atomic mass is 10.1. The molecule has 0 amide bonds. The number of ether oxygens (including phenoxy) is 1. The molecule has 118 valence electrons. The Morgan fingerprint density at radius 2 is 1.95 bits per heavy atom. The lowest BCUT2D eigenvalue weighted by molar-refractivity contribution is -0.141. The number of hydrogen-bond donors (Lipinski definition) is 0. The summed E-state index contributed by atoms with van der Waals surface area (Å²) >= 11 is 0. The number of hydrogen-bond acceptors (Lipinski definition) is 4. The van der Waals surface area contributed by atoms with Crippen LogP contribution >= 0.6 is 0 Å². The molecule has 7 heteroatoms. The highest BCUT2D eigenvalue weighted by molar-refractivity contribution is 5.54. The van der Waals surface area contributed by atoms with Crippen molar-refractivity contribution in [1.82, 2.24) is 9.88 Å². The monoisotopic (exact) mass is 312 g/mol. The van der Waals surface area contributed by atoms with Crippen LogP contribution in [0.5, 0.6) is 0 Å². The first-order valence-corrected chi connectivity index (χ1v) is 6.94. The molecule has 0 N–H and O–H groups in total. The second kappa shape index (κ2) is 6.10. The first kappa shape index (κ1) is 15.1. The molecule has 2 heterocycles. The van der Waals surface area contributed by atoms with Crippen molar-refractivity contribution in [2.45, 2.75) is 12.7 Å². The van der Waals surface area contributed by atoms with Crippen molar-refractivity contribution in [3.05, 3.63) is 41.8 Å². The van der Waals surface area contributed by atoms with E-state index >= 15 is 0 Å². The fourth-order valence-electron chi connectivity index (χ4n) is 2.36. The molecule has 1 saturated heterocycles. The normalized spacial score (nSPS) is 16.9. The molecule has 1 aromatic carbocycles. The van der Waals surface area contributed by atoms with Gasteiger partial charge in [0.05, 0.1) is 13.2 Å². The van der Waals surface area contributed by atoms with Gasteiger partial charge in [0, 0.05) is 25.2 Å². The second-order valence-electron chi connectivity index (χ2n) is 5.12. The van der Waals surface area contributed by atoms with Crippen molar-refractivity contribution < 1.29 is 22.3 Å². The van der Waals surface area contributed by atoms with Crippen LogP contribution in [0.2, 0.25) is 0 Å². The molecule has 0 aliphatic carbocycles. The topological polar surface area (TPSA) is 38.5 Å². The maximum absolute atomic E-state index is 12.6. The fraction of sp³-hybridized carbons (Fsp3) is 0.400. The van der Waals surface area contributed by atoms with E-state index in [1.54, 1.807) is 18.2 Å². The predicted octanol–water partition coefficient (Wildman–Crippen LogP) is 3.19. The van der Waals surface area contributed by atoms with Crippen molar-refractivity contribution in [2.24, 2.45) is 0 Å². The zero-order chi connectivity index (χ0) is 15.6. The molecular formula is C15H15F3N2O2. The lowest BCUT2D eigenvalue weighted by Gasteiger charge is -2.26. The summed E-state index contributed by atoms with van der Waals surface area (Å²) in [5.74, 6) is -0.0175. The average Bonchev–Trinajstić information content (AvgIpc) is 2.99. The second-order valence-corrected chi connectivity index (χ2v) is 5.12. The van der Waals surface area contributed by atoms with Gasteiger partial charge in [0.15, 0.2) is 5.69 Å². The van der Waals surface area contributed by atoms with Gasteiger partial charge in [-0.25, -0.2) is 4.98 Å². The first-order valence-electron chi connectivity index (χ1n) is 6.94. The lowest BCUT2D eigenvalue weighted by Crippen LogP contribution is -2.35. The van der Waals surface area contributed by atoms with E-state index in [1.807, 2.05) is 6.07 Å². The van der Waals surface area contributed by atoms with Crippen molar-refractivity contribution in [1.29, 1.82) is 0 Å². The number of morpholine rings is 1. The highest BCUT2D eigenvalue weighted by Gasteiger charge is 2.34. The molecule has 4 nitrogen and oxygen atoms in total. The van der Waals surface area contributed by atoms with Gasteiger partial charge in [-0.3, -0.25) is 4.90 Å². The van der Waals surface area contributed by atoms with Crippen LogP contribution in [0.25, 0.3) is 11.5 Å². The van der Waals surface area contributed by atoms with Gasteiger partial charge in [0.2, 0.25) is 5.89 Å². The van der Waals surface area contributed by atoms with Crippen LogP contribution in [0.4, 0.5) is 13.2 Å². The van der Waals surface area contributed by atoms with Gasteiger partial charge in [-0.05, 0) is 17.7 Å². The molecule has 0 saturated carbocycles. The molecule has 2 aromatic rings. The highest BCUT2D eigenvalue weighted by atomic mass is 19.4. The van der Waals surface area contributed by atoms with Gasteiger partial charge in [-0.15, -0.1) is 0 Å². The Hall–Kier alpha value is -1.86. The Morgan fingerprint density at radius 3 is 2.64 bits per heavy atom. The fourth-order valence-corrected chi connectivity index (χ4v) is 2.36. The number of alkyl halides is 3. The largest absolute Gasteiger partial charge is 0.444 e. The molecule has 1 aromatic heterocycles. The molecule has 0 spiro atoms. The van der Waals surface area contributed by atoms with Crippen LogP contribution in [0.1, 0.15) is 11.3 Å². The molecule has 0 radical (unpaired) electrons. The van der Waals surface area contributed by atoms with Gasteiger partial charge in [0.1, 0.15) is 6.26 Å². The zero-order valence-electron chi connectivity index (χ0n) is 11.8. The summed E-state index contributed by atoms with van der Waals surface area (Å²) in [6, 6.07) is 7.23. The molecule has 0 bridgehead atoms. The Balaban J connectivity index is 1.77. The zero-order valence-corrected chi connectivity index (χ0v) is 11.8. The minimum absolute atomic E-state index is 0.0175. The predicted molar refractivity (Wildman–Crippen MR) is 73.0 cm³/mol. The minimum Gasteiger partial charge on any atom is -0.444 e. The Kier molecular flexibility index (Phi) is 4.17. The van der Waals surface area contributed by atoms with E-state index in [2.05, 4.69) is 9.88 Å². The summed E-state index contributed by atoms with van der Waals surface area (Å²) in [5, 5.41) is 0. The number of benzene rings is 1. The third-order valence-electron chi connectivity index (χ3n) is 3.48. The summed E-state index contributed by atoms with van der Waals surface area (Å²) < 4.78 is 47.9. The molecule has 1 fully saturated rings. The smallest absolute Gasteiger partial charge is 0.436 e. The molecule has 0 unspecified atom stereocenters. The number of rotatable bonds is 3. The highest BCUT2D eigenvalue weighted by Crippen LogP contribution is 2.31. The van der Waals surface area contributed by atoms with Gasteiger partial charge >= 0.3 is 6.18 Å². The first-order chi connectivity index (χ1) is 10.5. The Morgan fingerprint density at radius 1 is 1.18 bits per heavy atom. The quantitative estimate of drug-likeness (QED) is 0.872. The molecule has 22 heavy (non-hydrogen) atoms. The van der Waals surface area contributed by atoms with E-state index in [4.69, 9.17) is 9.15 Å². The molecule has 3 rings (SSSR count). The standard InChI is InChI=1S/C15H15F3N2O2/c16-15(17,18)13-10-22-14(19-13)12-3-1-2-11(8-12)9-20-4-6-21-7-5-20/h1-3,8,10H,4-7,9H2. The van der Waals surface area contributed by atoms with Crippen LogP contribution in [0.15, 0.2) is 34.9 Å². The van der Waals surface area contributed by atoms with Crippen LogP contribution in [-0.4, -0.2) is 36.2 Å². The summed E-state index contributed by atoms with van der Waals surface area (Å²) in [7, 11) is 0. The van der Waals surface area contributed by atoms with Gasteiger partial charge < -0.3 is 9.15 Å². The van der Waals surface area contributed by atoms with Gasteiger partial charge in [-0.2, -0.15) is 13.2 Å². The molecule has 0 atom stereocenters. The van der Waals surface area contributed by atoms with E-state index in [9.17, 15) is 13.2 Å². The number of aromatic nitrogens is 1. The Bertz CT molecular complexity index is 634. The molecule has 1 aliphatic heterocycles. The summed E-state index contributed by atoms with van der Waals surface area (Å²) in [6.45, 7) is 3.83. The maximum Gasteiger partial charge on any atom is 0.436 e. The average molecular weight is 312 g/mol. The molecule has 1 aliphatic rings. The van der Waals surface area contributed by atoms with E-state index in [-0.39, 0.29) is 5.89 Å². The van der Waals surface area contributed by atoms with E-state index < -0.39 is 11.9 Å². The SMILES string of the molecule is FC(F)(F)c1coc(-c2cccc(CN3CCOCC3)c2)n1. The van der Waals surface area contributed by atoms with Crippen molar-refractivity contribution in [3.8, 4) is 11.5 Å². The van der Waals surface area contributed by atoms with Crippen molar-refractivity contribution in [2.75, 3.05) is 26.3 Å². The van der Waals surface area contributed by atoms with Crippen molar-refractivity contribution in [3.63, 3.8) is 0 Å². The van der Waals surface area contributed by atoms with Gasteiger partial charge in [-0.1, -0.05) is 12.1 Å². The van der Waals surface area contributed by atoms with E-state index in [0.717, 1.165) is 25.2 Å². The minimum atomic E-state index is -4.49. The molecular weight excluding hydrogens is 297 g/mol. The maximum atomic E-state index is 12.6. The van der Waals surface area contributed by atoms with Crippen molar-refractivity contribution >= 4 is 0 Å². The third-order valence-corrected chi connectivity index (χ3v) is 3.48. The van der Waals surface area contributed by atoms with Crippen LogP contribution in [0.3, 0.4) is 0 Å².